The minimum absolute atomic E-state index is 0.0317. The first-order valence-electron chi connectivity index (χ1n) is 5.45. The molecule has 2 rings (SSSR count). The number of carbonyl (C=O) groups is 1. The van der Waals surface area contributed by atoms with Crippen molar-refractivity contribution in [2.75, 3.05) is 13.1 Å². The number of rotatable bonds is 1. The normalized spacial score (nSPS) is 24.7. The first-order valence-corrected chi connectivity index (χ1v) is 6.24. The molecule has 0 spiro atoms. The van der Waals surface area contributed by atoms with Gasteiger partial charge in [0.15, 0.2) is 0 Å². The molecule has 1 saturated heterocycles. The average molecular weight is 302 g/mol. The Morgan fingerprint density at radius 3 is 2.59 bits per heavy atom. The molecule has 92 valence electrons. The van der Waals surface area contributed by atoms with Crippen molar-refractivity contribution in [2.45, 2.75) is 18.5 Å². The highest BCUT2D eigenvalue weighted by molar-refractivity contribution is 9.10. The molecule has 0 unspecified atom stereocenters. The van der Waals surface area contributed by atoms with Crippen molar-refractivity contribution in [3.8, 4) is 0 Å². The number of hydrogen-bond acceptors (Lipinski definition) is 1. The lowest BCUT2D eigenvalue weighted by Crippen LogP contribution is -2.43. The van der Waals surface area contributed by atoms with Crippen LogP contribution in [0.2, 0.25) is 0 Å². The van der Waals surface area contributed by atoms with E-state index in [0.29, 0.717) is 13.0 Å². The molecule has 0 radical (unpaired) electrons. The van der Waals surface area contributed by atoms with E-state index in [1.54, 1.807) is 0 Å². The quantitative estimate of drug-likeness (QED) is 0.865. The first-order chi connectivity index (χ1) is 8.08. The summed E-state index contributed by atoms with van der Waals surface area (Å²) in [6.07, 6.45) is -1.63. The lowest BCUT2D eigenvalue weighted by Gasteiger charge is -2.33. The van der Waals surface area contributed by atoms with E-state index in [1.165, 1.54) is 0 Å². The Morgan fingerprint density at radius 2 is 2.06 bits per heavy atom. The number of piperidine rings is 1. The zero-order valence-corrected chi connectivity index (χ0v) is 10.7. The predicted molar refractivity (Wildman–Crippen MR) is 66.0 cm³/mol. The summed E-state index contributed by atoms with van der Waals surface area (Å²) in [4.78, 5) is 11.9. The van der Waals surface area contributed by atoms with Crippen LogP contribution in [0.1, 0.15) is 17.9 Å². The Hall–Kier alpha value is -1.10. The number of carboxylic acid groups (broad SMARTS) is 1. The van der Waals surface area contributed by atoms with Crippen LogP contribution in [0.4, 0.5) is 9.18 Å². The van der Waals surface area contributed by atoms with E-state index in [0.717, 1.165) is 14.9 Å². The van der Waals surface area contributed by atoms with Gasteiger partial charge in [-0.05, 0) is 24.1 Å². The fraction of sp³-hybridized carbons (Fsp3) is 0.417. The van der Waals surface area contributed by atoms with Crippen LogP contribution in [0.3, 0.4) is 0 Å². The highest BCUT2D eigenvalue weighted by Gasteiger charge is 2.32. The minimum Gasteiger partial charge on any atom is -0.465 e. The van der Waals surface area contributed by atoms with Crippen LogP contribution >= 0.6 is 15.9 Å². The van der Waals surface area contributed by atoms with Crippen molar-refractivity contribution in [1.82, 2.24) is 4.90 Å². The largest absolute Gasteiger partial charge is 0.465 e. The molecule has 1 N–H and O–H groups in total. The van der Waals surface area contributed by atoms with Gasteiger partial charge in [0, 0.05) is 16.9 Å². The Balaban J connectivity index is 2.09. The van der Waals surface area contributed by atoms with Crippen LogP contribution < -0.4 is 0 Å². The highest BCUT2D eigenvalue weighted by Crippen LogP contribution is 2.31. The van der Waals surface area contributed by atoms with Gasteiger partial charge in [-0.25, -0.2) is 9.18 Å². The van der Waals surface area contributed by atoms with Crippen LogP contribution in [0.25, 0.3) is 0 Å². The Morgan fingerprint density at radius 1 is 1.41 bits per heavy atom. The lowest BCUT2D eigenvalue weighted by molar-refractivity contribution is 0.0963. The lowest BCUT2D eigenvalue weighted by atomic mass is 9.88. The average Bonchev–Trinajstić information content (AvgIpc) is 2.30. The van der Waals surface area contributed by atoms with Gasteiger partial charge < -0.3 is 10.0 Å². The number of benzene rings is 1. The van der Waals surface area contributed by atoms with Gasteiger partial charge in [-0.2, -0.15) is 0 Å². The molecule has 0 saturated carbocycles. The van der Waals surface area contributed by atoms with Gasteiger partial charge in [-0.3, -0.25) is 0 Å². The number of halogens is 2. The molecule has 1 heterocycles. The SMILES string of the molecule is O=C(O)N1CC[C@@H](c2ccc(Br)cc2)[C@H](F)C1. The fourth-order valence-corrected chi connectivity index (χ4v) is 2.43. The summed E-state index contributed by atoms with van der Waals surface area (Å²) in [5, 5.41) is 8.80. The fourth-order valence-electron chi connectivity index (χ4n) is 2.16. The molecule has 1 aromatic carbocycles. The second-order valence-electron chi connectivity index (χ2n) is 4.19. The molecule has 1 amide bonds. The molecule has 0 aromatic heterocycles. The van der Waals surface area contributed by atoms with Gasteiger partial charge in [0.1, 0.15) is 6.17 Å². The third kappa shape index (κ3) is 2.77. The van der Waals surface area contributed by atoms with Crippen LogP contribution in [-0.4, -0.2) is 35.4 Å². The predicted octanol–water partition coefficient (Wildman–Crippen LogP) is 3.25. The summed E-state index contributed by atoms with van der Waals surface area (Å²) in [6.45, 7) is 0.368. The molecular weight excluding hydrogens is 289 g/mol. The maximum Gasteiger partial charge on any atom is 0.407 e. The molecule has 1 aliphatic heterocycles. The standard InChI is InChI=1S/C12H13BrFNO2/c13-9-3-1-8(2-4-9)10-5-6-15(12(16)17)7-11(10)14/h1-4,10-11H,5-7H2,(H,16,17)/t10-,11+/m0/s1. The Bertz CT molecular complexity index is 409. The Kier molecular flexibility index (Phi) is 3.66. The van der Waals surface area contributed by atoms with Crippen molar-refractivity contribution >= 4 is 22.0 Å². The van der Waals surface area contributed by atoms with Gasteiger partial charge in [0.05, 0.1) is 6.54 Å². The van der Waals surface area contributed by atoms with Crippen molar-refractivity contribution < 1.29 is 14.3 Å². The van der Waals surface area contributed by atoms with Crippen molar-refractivity contribution in [1.29, 1.82) is 0 Å². The second kappa shape index (κ2) is 5.04. The van der Waals surface area contributed by atoms with E-state index >= 15 is 0 Å². The van der Waals surface area contributed by atoms with Crippen LogP contribution in [0.15, 0.2) is 28.7 Å². The summed E-state index contributed by atoms with van der Waals surface area (Å²) in [5.74, 6) is -0.196. The molecular formula is C12H13BrFNO2. The van der Waals surface area contributed by atoms with E-state index in [-0.39, 0.29) is 12.5 Å². The van der Waals surface area contributed by atoms with Crippen molar-refractivity contribution in [3.63, 3.8) is 0 Å². The number of alkyl halides is 1. The first kappa shape index (κ1) is 12.4. The van der Waals surface area contributed by atoms with Crippen LogP contribution in [0.5, 0.6) is 0 Å². The van der Waals surface area contributed by atoms with Gasteiger partial charge in [-0.1, -0.05) is 28.1 Å². The smallest absolute Gasteiger partial charge is 0.407 e. The van der Waals surface area contributed by atoms with E-state index in [4.69, 9.17) is 5.11 Å². The number of nitrogens with zero attached hydrogens (tertiary/aromatic N) is 1. The van der Waals surface area contributed by atoms with E-state index in [2.05, 4.69) is 15.9 Å². The number of amides is 1. The number of hydrogen-bond donors (Lipinski definition) is 1. The summed E-state index contributed by atoms with van der Waals surface area (Å²) in [6, 6.07) is 7.53. The summed E-state index contributed by atoms with van der Waals surface area (Å²) >= 11 is 3.33. The van der Waals surface area contributed by atoms with Gasteiger partial charge in [0.25, 0.3) is 0 Å². The van der Waals surface area contributed by atoms with Gasteiger partial charge in [0.2, 0.25) is 0 Å². The maximum absolute atomic E-state index is 13.9. The van der Waals surface area contributed by atoms with Crippen LogP contribution in [0, 0.1) is 0 Å². The summed E-state index contributed by atoms with van der Waals surface area (Å²) < 4.78 is 14.9. The molecule has 1 aromatic rings. The second-order valence-corrected chi connectivity index (χ2v) is 5.11. The Labute approximate surface area is 107 Å². The van der Waals surface area contributed by atoms with Gasteiger partial charge in [-0.15, -0.1) is 0 Å². The molecule has 5 heteroatoms. The van der Waals surface area contributed by atoms with E-state index in [9.17, 15) is 9.18 Å². The maximum atomic E-state index is 13.9. The van der Waals surface area contributed by atoms with Crippen molar-refractivity contribution in [3.05, 3.63) is 34.3 Å². The summed E-state index contributed by atoms with van der Waals surface area (Å²) in [5.41, 5.74) is 0.936. The molecule has 0 aliphatic carbocycles. The van der Waals surface area contributed by atoms with E-state index in [1.807, 2.05) is 24.3 Å². The topological polar surface area (TPSA) is 40.5 Å². The summed E-state index contributed by atoms with van der Waals surface area (Å²) in [7, 11) is 0. The van der Waals surface area contributed by atoms with Crippen molar-refractivity contribution in [2.24, 2.45) is 0 Å². The number of likely N-dealkylation sites (tertiary alicyclic amines) is 1. The van der Waals surface area contributed by atoms with Gasteiger partial charge >= 0.3 is 6.09 Å². The molecule has 0 bridgehead atoms. The minimum atomic E-state index is -1.12. The zero-order chi connectivity index (χ0) is 12.4. The highest BCUT2D eigenvalue weighted by atomic mass is 79.9. The third-order valence-electron chi connectivity index (χ3n) is 3.11. The molecule has 17 heavy (non-hydrogen) atoms. The monoisotopic (exact) mass is 301 g/mol. The molecule has 1 aliphatic rings. The molecule has 2 atom stereocenters. The third-order valence-corrected chi connectivity index (χ3v) is 3.64. The van der Waals surface area contributed by atoms with E-state index < -0.39 is 12.3 Å². The van der Waals surface area contributed by atoms with Crippen LogP contribution in [-0.2, 0) is 0 Å². The zero-order valence-electron chi connectivity index (χ0n) is 9.14. The molecule has 3 nitrogen and oxygen atoms in total. The molecule has 1 fully saturated rings.